The SMILES string of the molecule is COC(c1noc(C2CC2C(=O)O)n1)C(C)C. The fourth-order valence-corrected chi connectivity index (χ4v) is 1.93. The lowest BCUT2D eigenvalue weighted by Gasteiger charge is -2.14. The van der Waals surface area contributed by atoms with Crippen LogP contribution in [0.2, 0.25) is 0 Å². The zero-order chi connectivity index (χ0) is 12.6. The van der Waals surface area contributed by atoms with Gasteiger partial charge >= 0.3 is 5.97 Å². The number of methoxy groups -OCH3 is 1. The van der Waals surface area contributed by atoms with E-state index in [0.29, 0.717) is 18.1 Å². The predicted octanol–water partition coefficient (Wildman–Crippen LogP) is 1.60. The number of nitrogens with zero attached hydrogens (tertiary/aromatic N) is 2. The number of rotatable bonds is 5. The Bertz CT molecular complexity index is 415. The number of aromatic nitrogens is 2. The van der Waals surface area contributed by atoms with Crippen molar-refractivity contribution in [3.63, 3.8) is 0 Å². The van der Waals surface area contributed by atoms with E-state index >= 15 is 0 Å². The number of ether oxygens (including phenoxy) is 1. The van der Waals surface area contributed by atoms with Crippen molar-refractivity contribution in [2.24, 2.45) is 11.8 Å². The average Bonchev–Trinajstić information content (AvgIpc) is 2.93. The molecule has 94 valence electrons. The average molecular weight is 240 g/mol. The minimum Gasteiger partial charge on any atom is -0.481 e. The summed E-state index contributed by atoms with van der Waals surface area (Å²) in [4.78, 5) is 15.0. The maximum absolute atomic E-state index is 10.7. The van der Waals surface area contributed by atoms with Gasteiger partial charge in [-0.2, -0.15) is 4.98 Å². The molecule has 6 heteroatoms. The lowest BCUT2D eigenvalue weighted by atomic mass is 10.1. The first-order valence-corrected chi connectivity index (χ1v) is 5.63. The van der Waals surface area contributed by atoms with Gasteiger partial charge in [-0.3, -0.25) is 4.79 Å². The van der Waals surface area contributed by atoms with Crippen molar-refractivity contribution in [2.75, 3.05) is 7.11 Å². The van der Waals surface area contributed by atoms with Gasteiger partial charge in [-0.1, -0.05) is 19.0 Å². The largest absolute Gasteiger partial charge is 0.481 e. The molecule has 1 fully saturated rings. The van der Waals surface area contributed by atoms with Crippen LogP contribution in [0.1, 0.15) is 44.0 Å². The Morgan fingerprint density at radius 3 is 2.76 bits per heavy atom. The standard InChI is InChI=1S/C11H16N2O4/c1-5(2)8(16-3)9-12-10(17-13-9)6-4-7(6)11(14)15/h5-8H,4H2,1-3H3,(H,14,15). The van der Waals surface area contributed by atoms with E-state index in [1.54, 1.807) is 7.11 Å². The highest BCUT2D eigenvalue weighted by atomic mass is 16.5. The molecule has 1 heterocycles. The molecule has 1 saturated carbocycles. The summed E-state index contributed by atoms with van der Waals surface area (Å²) < 4.78 is 10.4. The summed E-state index contributed by atoms with van der Waals surface area (Å²) in [5, 5.41) is 12.7. The van der Waals surface area contributed by atoms with Crippen molar-refractivity contribution < 1.29 is 19.2 Å². The molecule has 3 unspecified atom stereocenters. The van der Waals surface area contributed by atoms with Gasteiger partial charge in [0.15, 0.2) is 0 Å². The van der Waals surface area contributed by atoms with Gasteiger partial charge in [0.25, 0.3) is 0 Å². The third-order valence-electron chi connectivity index (χ3n) is 3.00. The van der Waals surface area contributed by atoms with Crippen LogP contribution in [0.25, 0.3) is 0 Å². The third kappa shape index (κ3) is 2.31. The van der Waals surface area contributed by atoms with E-state index < -0.39 is 5.97 Å². The minimum atomic E-state index is -0.804. The molecule has 0 spiro atoms. The lowest BCUT2D eigenvalue weighted by Crippen LogP contribution is -2.10. The fourth-order valence-electron chi connectivity index (χ4n) is 1.93. The van der Waals surface area contributed by atoms with Gasteiger partial charge in [0.1, 0.15) is 6.10 Å². The molecule has 1 aromatic heterocycles. The van der Waals surface area contributed by atoms with E-state index in [-0.39, 0.29) is 23.9 Å². The molecular formula is C11H16N2O4. The van der Waals surface area contributed by atoms with E-state index in [1.165, 1.54) is 0 Å². The van der Waals surface area contributed by atoms with Crippen LogP contribution in [0.3, 0.4) is 0 Å². The molecule has 1 aliphatic rings. The molecule has 1 N–H and O–H groups in total. The molecule has 0 saturated heterocycles. The number of carboxylic acid groups (broad SMARTS) is 1. The maximum atomic E-state index is 10.7. The lowest BCUT2D eigenvalue weighted by molar-refractivity contribution is -0.138. The molecule has 2 rings (SSSR count). The van der Waals surface area contributed by atoms with Crippen LogP contribution in [0, 0.1) is 11.8 Å². The summed E-state index contributed by atoms with van der Waals surface area (Å²) in [6.45, 7) is 4.00. The first-order valence-electron chi connectivity index (χ1n) is 5.63. The summed E-state index contributed by atoms with van der Waals surface area (Å²) >= 11 is 0. The van der Waals surface area contributed by atoms with E-state index in [1.807, 2.05) is 13.8 Å². The summed E-state index contributed by atoms with van der Waals surface area (Å²) in [6, 6.07) is 0. The highest BCUT2D eigenvalue weighted by Gasteiger charge is 2.48. The zero-order valence-corrected chi connectivity index (χ0v) is 10.1. The molecule has 3 atom stereocenters. The van der Waals surface area contributed by atoms with Crippen LogP contribution in [-0.4, -0.2) is 28.3 Å². The summed E-state index contributed by atoms with van der Waals surface area (Å²) in [6.07, 6.45) is 0.366. The molecule has 0 radical (unpaired) electrons. The Kier molecular flexibility index (Phi) is 3.15. The van der Waals surface area contributed by atoms with Crippen molar-refractivity contribution in [3.8, 4) is 0 Å². The molecule has 6 nitrogen and oxygen atoms in total. The van der Waals surface area contributed by atoms with E-state index in [4.69, 9.17) is 14.4 Å². The second-order valence-corrected chi connectivity index (χ2v) is 4.68. The van der Waals surface area contributed by atoms with Crippen LogP contribution in [0.15, 0.2) is 4.52 Å². The number of aliphatic carboxylic acids is 1. The normalized spacial score (nSPS) is 24.9. The summed E-state index contributed by atoms with van der Waals surface area (Å²) in [5.41, 5.74) is 0. The van der Waals surface area contributed by atoms with Gasteiger partial charge in [-0.15, -0.1) is 0 Å². The van der Waals surface area contributed by atoms with Crippen LogP contribution >= 0.6 is 0 Å². The third-order valence-corrected chi connectivity index (χ3v) is 3.00. The van der Waals surface area contributed by atoms with E-state index in [9.17, 15) is 4.79 Å². The molecular weight excluding hydrogens is 224 g/mol. The fraction of sp³-hybridized carbons (Fsp3) is 0.727. The van der Waals surface area contributed by atoms with Crippen LogP contribution < -0.4 is 0 Å². The van der Waals surface area contributed by atoms with Gasteiger partial charge in [0, 0.05) is 7.11 Å². The van der Waals surface area contributed by atoms with Crippen LogP contribution in [0.4, 0.5) is 0 Å². The summed E-state index contributed by atoms with van der Waals surface area (Å²) in [7, 11) is 1.60. The van der Waals surface area contributed by atoms with E-state index in [2.05, 4.69) is 10.1 Å². The highest BCUT2D eigenvalue weighted by Crippen LogP contribution is 2.47. The summed E-state index contributed by atoms with van der Waals surface area (Å²) in [5.74, 6) is -0.160. The van der Waals surface area contributed by atoms with Crippen molar-refractivity contribution >= 4 is 5.97 Å². The Morgan fingerprint density at radius 2 is 2.29 bits per heavy atom. The number of hydrogen-bond donors (Lipinski definition) is 1. The quantitative estimate of drug-likeness (QED) is 0.841. The smallest absolute Gasteiger partial charge is 0.307 e. The van der Waals surface area contributed by atoms with Crippen LogP contribution in [-0.2, 0) is 9.53 Å². The molecule has 1 aromatic rings. The Hall–Kier alpha value is -1.43. The number of carbonyl (C=O) groups is 1. The van der Waals surface area contributed by atoms with Crippen LogP contribution in [0.5, 0.6) is 0 Å². The molecule has 1 aliphatic carbocycles. The molecule has 0 amide bonds. The van der Waals surface area contributed by atoms with Gasteiger partial charge in [-0.25, -0.2) is 0 Å². The van der Waals surface area contributed by atoms with Gasteiger partial charge in [0.05, 0.1) is 11.8 Å². The molecule has 17 heavy (non-hydrogen) atoms. The Labute approximate surface area is 99.0 Å². The number of carboxylic acids is 1. The Morgan fingerprint density at radius 1 is 1.59 bits per heavy atom. The van der Waals surface area contributed by atoms with Gasteiger partial charge in [0.2, 0.25) is 11.7 Å². The van der Waals surface area contributed by atoms with Crippen molar-refractivity contribution in [2.45, 2.75) is 32.3 Å². The monoisotopic (exact) mass is 240 g/mol. The van der Waals surface area contributed by atoms with E-state index in [0.717, 1.165) is 0 Å². The predicted molar refractivity (Wildman–Crippen MR) is 57.4 cm³/mol. The molecule has 0 bridgehead atoms. The highest BCUT2D eigenvalue weighted by molar-refractivity contribution is 5.74. The number of hydrogen-bond acceptors (Lipinski definition) is 5. The molecule has 0 aliphatic heterocycles. The van der Waals surface area contributed by atoms with Crippen molar-refractivity contribution in [3.05, 3.63) is 11.7 Å². The first kappa shape index (κ1) is 12.0. The zero-order valence-electron chi connectivity index (χ0n) is 10.1. The van der Waals surface area contributed by atoms with Gasteiger partial charge in [-0.05, 0) is 12.3 Å². The maximum Gasteiger partial charge on any atom is 0.307 e. The first-order chi connectivity index (χ1) is 8.04. The second-order valence-electron chi connectivity index (χ2n) is 4.68. The topological polar surface area (TPSA) is 85.5 Å². The van der Waals surface area contributed by atoms with Crippen molar-refractivity contribution in [1.29, 1.82) is 0 Å². The van der Waals surface area contributed by atoms with Gasteiger partial charge < -0.3 is 14.4 Å². The molecule has 0 aromatic carbocycles. The van der Waals surface area contributed by atoms with Crippen molar-refractivity contribution in [1.82, 2.24) is 10.1 Å². The minimum absolute atomic E-state index is 0.126. The Balaban J connectivity index is 2.09. The second kappa shape index (κ2) is 4.44.